The second-order valence-corrected chi connectivity index (χ2v) is 4.28. The summed E-state index contributed by atoms with van der Waals surface area (Å²) in [5.74, 6) is 0.268. The third-order valence-electron chi connectivity index (χ3n) is 3.11. The highest BCUT2D eigenvalue weighted by atomic mass is 16.6. The second-order valence-electron chi connectivity index (χ2n) is 4.28. The van der Waals surface area contributed by atoms with E-state index < -0.39 is 4.92 Å². The maximum absolute atomic E-state index is 10.6. The Hall–Kier alpha value is -1.82. The van der Waals surface area contributed by atoms with Crippen molar-refractivity contribution in [1.82, 2.24) is 0 Å². The lowest BCUT2D eigenvalue weighted by molar-refractivity contribution is -0.384. The van der Waals surface area contributed by atoms with Crippen molar-refractivity contribution in [3.05, 3.63) is 28.3 Å². The molecule has 1 aromatic rings. The molecule has 1 heterocycles. The van der Waals surface area contributed by atoms with Gasteiger partial charge >= 0.3 is 0 Å². The van der Waals surface area contributed by atoms with Gasteiger partial charge in [0.05, 0.1) is 16.3 Å². The molecule has 1 aliphatic rings. The van der Waals surface area contributed by atoms with Crippen LogP contribution in [-0.2, 0) is 0 Å². The van der Waals surface area contributed by atoms with E-state index in [0.717, 1.165) is 25.2 Å². The van der Waals surface area contributed by atoms with Crippen LogP contribution in [0.5, 0.6) is 0 Å². The van der Waals surface area contributed by atoms with E-state index in [1.807, 2.05) is 0 Å². The van der Waals surface area contributed by atoms with Crippen LogP contribution in [0.3, 0.4) is 0 Å². The molecule has 1 aromatic carbocycles. The van der Waals surface area contributed by atoms with Crippen LogP contribution in [0.4, 0.5) is 17.1 Å². The number of aliphatic hydroxyl groups is 1. The summed E-state index contributed by atoms with van der Waals surface area (Å²) in [4.78, 5) is 12.2. The lowest BCUT2D eigenvalue weighted by Gasteiger charge is -2.20. The van der Waals surface area contributed by atoms with E-state index in [1.54, 1.807) is 6.07 Å². The van der Waals surface area contributed by atoms with Gasteiger partial charge in [-0.25, -0.2) is 0 Å². The first-order chi connectivity index (χ1) is 8.11. The Kier molecular flexibility index (Phi) is 3.14. The first-order valence-corrected chi connectivity index (χ1v) is 5.51. The van der Waals surface area contributed by atoms with Gasteiger partial charge in [0.2, 0.25) is 0 Å². The number of nitrogen functional groups attached to an aromatic ring is 1. The third kappa shape index (κ3) is 2.31. The molecule has 0 saturated carbocycles. The van der Waals surface area contributed by atoms with Crippen LogP contribution in [0.15, 0.2) is 18.2 Å². The fourth-order valence-electron chi connectivity index (χ4n) is 2.14. The monoisotopic (exact) mass is 237 g/mol. The van der Waals surface area contributed by atoms with Gasteiger partial charge in [-0.05, 0) is 12.5 Å². The van der Waals surface area contributed by atoms with Gasteiger partial charge in [0.15, 0.2) is 0 Å². The molecule has 0 spiro atoms. The van der Waals surface area contributed by atoms with Crippen molar-refractivity contribution in [2.24, 2.45) is 5.92 Å². The smallest absolute Gasteiger partial charge is 0.271 e. The number of hydrogen-bond donors (Lipinski definition) is 2. The molecule has 1 saturated heterocycles. The van der Waals surface area contributed by atoms with Gasteiger partial charge in [-0.2, -0.15) is 0 Å². The number of aliphatic hydroxyl groups excluding tert-OH is 1. The average Bonchev–Trinajstić information content (AvgIpc) is 2.77. The normalized spacial score (nSPS) is 19.6. The summed E-state index contributed by atoms with van der Waals surface area (Å²) >= 11 is 0. The van der Waals surface area contributed by atoms with E-state index in [0.29, 0.717) is 5.69 Å². The summed E-state index contributed by atoms with van der Waals surface area (Å²) in [7, 11) is 0. The number of rotatable bonds is 3. The van der Waals surface area contributed by atoms with Crippen LogP contribution in [-0.4, -0.2) is 29.7 Å². The minimum atomic E-state index is -0.458. The Morgan fingerprint density at radius 1 is 1.59 bits per heavy atom. The van der Waals surface area contributed by atoms with Gasteiger partial charge in [0.25, 0.3) is 5.69 Å². The number of non-ortho nitro benzene ring substituents is 1. The Morgan fingerprint density at radius 3 is 2.88 bits per heavy atom. The van der Waals surface area contributed by atoms with Crippen molar-refractivity contribution in [2.75, 3.05) is 30.3 Å². The van der Waals surface area contributed by atoms with Crippen molar-refractivity contribution < 1.29 is 10.0 Å². The van der Waals surface area contributed by atoms with Gasteiger partial charge in [-0.15, -0.1) is 0 Å². The summed E-state index contributed by atoms with van der Waals surface area (Å²) in [5.41, 5.74) is 7.05. The molecule has 3 N–H and O–H groups in total. The Morgan fingerprint density at radius 2 is 2.35 bits per heavy atom. The molecule has 0 aliphatic carbocycles. The van der Waals surface area contributed by atoms with Crippen molar-refractivity contribution in [3.63, 3.8) is 0 Å². The van der Waals surface area contributed by atoms with Crippen LogP contribution >= 0.6 is 0 Å². The Labute approximate surface area is 98.8 Å². The molecule has 92 valence electrons. The number of benzene rings is 1. The molecule has 6 nitrogen and oxygen atoms in total. The highest BCUT2D eigenvalue weighted by Gasteiger charge is 2.23. The van der Waals surface area contributed by atoms with E-state index in [9.17, 15) is 10.1 Å². The van der Waals surface area contributed by atoms with Crippen molar-refractivity contribution in [2.45, 2.75) is 6.42 Å². The van der Waals surface area contributed by atoms with E-state index in [4.69, 9.17) is 10.8 Å². The van der Waals surface area contributed by atoms with E-state index in [1.165, 1.54) is 12.1 Å². The quantitative estimate of drug-likeness (QED) is 0.464. The van der Waals surface area contributed by atoms with Crippen LogP contribution in [0.2, 0.25) is 0 Å². The molecule has 0 amide bonds. The van der Waals surface area contributed by atoms with Gasteiger partial charge < -0.3 is 15.7 Å². The zero-order valence-electron chi connectivity index (χ0n) is 9.37. The average molecular weight is 237 g/mol. The van der Waals surface area contributed by atoms with Crippen LogP contribution in [0, 0.1) is 16.0 Å². The minimum Gasteiger partial charge on any atom is -0.397 e. The van der Waals surface area contributed by atoms with Crippen LogP contribution in [0.25, 0.3) is 0 Å². The zero-order chi connectivity index (χ0) is 12.4. The second kappa shape index (κ2) is 4.58. The fraction of sp³-hybridized carbons (Fsp3) is 0.455. The first-order valence-electron chi connectivity index (χ1n) is 5.51. The lowest BCUT2D eigenvalue weighted by Crippen LogP contribution is -2.21. The summed E-state index contributed by atoms with van der Waals surface area (Å²) in [6, 6.07) is 4.51. The SMILES string of the molecule is Nc1cc([N+](=O)[O-])ccc1N1CCC(CO)C1. The number of nitro groups is 1. The highest BCUT2D eigenvalue weighted by Crippen LogP contribution is 2.31. The largest absolute Gasteiger partial charge is 0.397 e. The predicted octanol–water partition coefficient (Wildman–Crippen LogP) is 0.996. The Bertz CT molecular complexity index is 436. The maximum atomic E-state index is 10.6. The topological polar surface area (TPSA) is 92.6 Å². The lowest BCUT2D eigenvalue weighted by atomic mass is 10.1. The van der Waals surface area contributed by atoms with Crippen molar-refractivity contribution in [3.8, 4) is 0 Å². The molecule has 2 rings (SSSR count). The van der Waals surface area contributed by atoms with E-state index in [2.05, 4.69) is 4.90 Å². The van der Waals surface area contributed by atoms with Gasteiger partial charge in [0.1, 0.15) is 0 Å². The molecule has 0 radical (unpaired) electrons. The molecule has 17 heavy (non-hydrogen) atoms. The summed E-state index contributed by atoms with van der Waals surface area (Å²) in [5, 5.41) is 19.7. The molecule has 1 unspecified atom stereocenters. The molecule has 6 heteroatoms. The molecule has 1 atom stereocenters. The molecular formula is C11H15N3O3. The summed E-state index contributed by atoms with van der Waals surface area (Å²) in [6.07, 6.45) is 0.924. The third-order valence-corrected chi connectivity index (χ3v) is 3.11. The van der Waals surface area contributed by atoms with E-state index >= 15 is 0 Å². The van der Waals surface area contributed by atoms with Gasteiger partial charge in [0, 0.05) is 37.7 Å². The molecule has 0 bridgehead atoms. The van der Waals surface area contributed by atoms with Crippen LogP contribution in [0.1, 0.15) is 6.42 Å². The van der Waals surface area contributed by atoms with Crippen molar-refractivity contribution in [1.29, 1.82) is 0 Å². The first kappa shape index (κ1) is 11.7. The highest BCUT2D eigenvalue weighted by molar-refractivity contribution is 5.71. The number of nitro benzene ring substituents is 1. The zero-order valence-corrected chi connectivity index (χ0v) is 9.37. The standard InChI is InChI=1S/C11H15N3O3/c12-10-5-9(14(16)17)1-2-11(10)13-4-3-8(6-13)7-15/h1-2,5,8,15H,3-4,6-7,12H2. The maximum Gasteiger partial charge on any atom is 0.271 e. The van der Waals surface area contributed by atoms with Crippen molar-refractivity contribution >= 4 is 17.1 Å². The molecular weight excluding hydrogens is 222 g/mol. The molecule has 1 fully saturated rings. The number of anilines is 2. The van der Waals surface area contributed by atoms with Crippen LogP contribution < -0.4 is 10.6 Å². The molecule has 1 aliphatic heterocycles. The molecule has 0 aromatic heterocycles. The van der Waals surface area contributed by atoms with Gasteiger partial charge in [-0.3, -0.25) is 10.1 Å². The number of hydrogen-bond acceptors (Lipinski definition) is 5. The fourth-order valence-corrected chi connectivity index (χ4v) is 2.14. The minimum absolute atomic E-state index is 0.00385. The number of nitrogens with zero attached hydrogens (tertiary/aromatic N) is 2. The Balaban J connectivity index is 2.20. The summed E-state index contributed by atoms with van der Waals surface area (Å²) in [6.45, 7) is 1.75. The number of nitrogens with two attached hydrogens (primary N) is 1. The predicted molar refractivity (Wildman–Crippen MR) is 64.9 cm³/mol. The van der Waals surface area contributed by atoms with Gasteiger partial charge in [-0.1, -0.05) is 0 Å². The summed E-state index contributed by atoms with van der Waals surface area (Å²) < 4.78 is 0. The van der Waals surface area contributed by atoms with E-state index in [-0.39, 0.29) is 18.2 Å².